The fourth-order valence-electron chi connectivity index (χ4n) is 5.11. The van der Waals surface area contributed by atoms with E-state index in [1.165, 1.54) is 23.2 Å². The largest absolute Gasteiger partial charge is 0.386 e. The van der Waals surface area contributed by atoms with Crippen molar-refractivity contribution in [3.63, 3.8) is 0 Å². The Labute approximate surface area is 245 Å². The smallest absolute Gasteiger partial charge is 0.369 e. The fraction of sp³-hybridized carbons (Fsp3) is 0.550. The first-order valence-electron chi connectivity index (χ1n) is 12.4. The van der Waals surface area contributed by atoms with Crippen LogP contribution in [0.25, 0.3) is 11.2 Å². The summed E-state index contributed by atoms with van der Waals surface area (Å²) in [5.74, 6) is -0.750. The Morgan fingerprint density at radius 3 is 2.57 bits per heavy atom. The van der Waals surface area contributed by atoms with E-state index < -0.39 is 81.2 Å². The molecular weight excluding hydrogens is 644 g/mol. The summed E-state index contributed by atoms with van der Waals surface area (Å²) >= 11 is 7.99. The van der Waals surface area contributed by atoms with E-state index in [0.29, 0.717) is 5.82 Å². The Kier molecular flexibility index (Phi) is 8.12. The Bertz CT molecular complexity index is 1620. The van der Waals surface area contributed by atoms with Gasteiger partial charge in [-0.3, -0.25) is 27.9 Å². The minimum atomic E-state index is -4.36. The van der Waals surface area contributed by atoms with Crippen molar-refractivity contribution < 1.29 is 40.7 Å². The van der Waals surface area contributed by atoms with Gasteiger partial charge in [0.25, 0.3) is 5.56 Å². The van der Waals surface area contributed by atoms with Gasteiger partial charge in [0.15, 0.2) is 23.6 Å². The second-order valence-corrected chi connectivity index (χ2v) is 15.5. The summed E-state index contributed by atoms with van der Waals surface area (Å²) in [4.78, 5) is 30.4. The number of hydrogen-bond acceptors (Lipinski definition) is 14. The first kappa shape index (κ1) is 29.9. The van der Waals surface area contributed by atoms with Gasteiger partial charge >= 0.3 is 13.6 Å². The van der Waals surface area contributed by atoms with Gasteiger partial charge in [0.2, 0.25) is 5.95 Å². The van der Waals surface area contributed by atoms with E-state index in [1.807, 2.05) is 0 Å². The number of aromatic nitrogens is 6. The number of hydrogen-bond donors (Lipinski definition) is 5. The lowest BCUT2D eigenvalue weighted by Crippen LogP contribution is -2.34. The first-order chi connectivity index (χ1) is 19.9. The maximum Gasteiger partial charge on any atom is 0.386 e. The maximum atomic E-state index is 15.7. The van der Waals surface area contributed by atoms with E-state index >= 15 is 8.78 Å². The molecule has 2 saturated heterocycles. The van der Waals surface area contributed by atoms with Crippen molar-refractivity contribution in [2.75, 3.05) is 24.3 Å². The monoisotopic (exact) mass is 668 g/mol. The average Bonchev–Trinajstić information content (AvgIpc) is 3.57. The molecule has 0 spiro atoms. The van der Waals surface area contributed by atoms with Gasteiger partial charge in [-0.15, -0.1) is 0 Å². The molecule has 228 valence electrons. The van der Waals surface area contributed by atoms with Gasteiger partial charge in [-0.1, -0.05) is 24.5 Å². The zero-order chi connectivity index (χ0) is 29.8. The lowest BCUT2D eigenvalue weighted by atomic mass is 10.1. The molecule has 4 N–H and O–H groups in total. The molecule has 42 heavy (non-hydrogen) atoms. The highest BCUT2D eigenvalue weighted by molar-refractivity contribution is 8.44. The standard InChI is InChI=1S/C20H24F2N8O8P2S2/c21-12-9(27-11-1-2-24-6-25-11)3-8-4-34-39(32,41)38-16-13(22)10(5-35-40(33,42)37-15(8)12)36-19(16)30-7-26-14-17(30)28-20(23)29-18(14)31/h1-2,6-10,12-13,15-16,19H,3-5H2,(H,32,41)(H,33,42)(H,24,25,27)(H3,23,28,29,31)/t8-,9-,10-,12+,13-,15-,16-,19-,39-,40+/m1/s1. The van der Waals surface area contributed by atoms with Gasteiger partial charge in [-0.2, -0.15) is 4.98 Å². The molecule has 0 unspecified atom stereocenters. The van der Waals surface area contributed by atoms with Crippen LogP contribution in [0.5, 0.6) is 0 Å². The van der Waals surface area contributed by atoms with Crippen LogP contribution in [-0.4, -0.2) is 79.4 Å². The van der Waals surface area contributed by atoms with Gasteiger partial charge in [0.05, 0.1) is 25.6 Å². The van der Waals surface area contributed by atoms with E-state index in [2.05, 4.69) is 54.7 Å². The average molecular weight is 669 g/mol. The third kappa shape index (κ3) is 5.96. The predicted molar refractivity (Wildman–Crippen MR) is 149 cm³/mol. The number of thiol groups is 2. The van der Waals surface area contributed by atoms with Crippen LogP contribution in [0, 0.1) is 5.92 Å². The summed E-state index contributed by atoms with van der Waals surface area (Å²) in [6.07, 6.45) is -5.83. The predicted octanol–water partition coefficient (Wildman–Crippen LogP) is 2.46. The molecule has 3 aromatic heterocycles. The van der Waals surface area contributed by atoms with E-state index in [4.69, 9.17) is 28.6 Å². The number of nitrogens with zero attached hydrogens (tertiary/aromatic N) is 5. The van der Waals surface area contributed by atoms with Crippen LogP contribution in [0.4, 0.5) is 20.5 Å². The molecule has 3 fully saturated rings. The minimum absolute atomic E-state index is 0.0591. The summed E-state index contributed by atoms with van der Waals surface area (Å²) in [5, 5.41) is 2.92. The van der Waals surface area contributed by atoms with Gasteiger partial charge in [-0.25, -0.2) is 32.9 Å². The molecule has 6 rings (SSSR count). The highest BCUT2D eigenvalue weighted by Gasteiger charge is 2.53. The highest BCUT2D eigenvalue weighted by atomic mass is 32.7. The van der Waals surface area contributed by atoms with Crippen molar-refractivity contribution in [1.82, 2.24) is 29.5 Å². The quantitative estimate of drug-likeness (QED) is 0.201. The van der Waals surface area contributed by atoms with Gasteiger partial charge < -0.3 is 20.3 Å². The Hall–Kier alpha value is -2.15. The second-order valence-electron chi connectivity index (χ2n) is 9.74. The maximum absolute atomic E-state index is 15.7. The van der Waals surface area contributed by atoms with E-state index in [9.17, 15) is 13.9 Å². The van der Waals surface area contributed by atoms with Crippen LogP contribution >= 0.6 is 38.1 Å². The van der Waals surface area contributed by atoms with Crippen LogP contribution in [0.3, 0.4) is 0 Å². The van der Waals surface area contributed by atoms with Crippen LogP contribution in [0.15, 0.2) is 29.7 Å². The molecule has 5 heterocycles. The number of ether oxygens (including phenoxy) is 1. The number of nitrogen functional groups attached to an aromatic ring is 1. The third-order valence-electron chi connectivity index (χ3n) is 6.99. The van der Waals surface area contributed by atoms with Crippen molar-refractivity contribution in [2.45, 2.75) is 49.3 Å². The summed E-state index contributed by atoms with van der Waals surface area (Å²) < 4.78 is 86.7. The Morgan fingerprint density at radius 2 is 1.83 bits per heavy atom. The van der Waals surface area contributed by atoms with E-state index in [1.54, 1.807) is 0 Å². The molecule has 10 atom stereocenters. The number of alkyl halides is 2. The summed E-state index contributed by atoms with van der Waals surface area (Å²) in [6, 6.07) is 0.654. The number of anilines is 2. The molecule has 1 saturated carbocycles. The van der Waals surface area contributed by atoms with Crippen molar-refractivity contribution in [1.29, 1.82) is 0 Å². The highest BCUT2D eigenvalue weighted by Crippen LogP contribution is 2.60. The number of fused-ring (bicyclic) bond motifs is 4. The molecular formula is C20H24F2N8O8P2S2. The number of nitrogens with two attached hydrogens (primary N) is 1. The van der Waals surface area contributed by atoms with Crippen LogP contribution < -0.4 is 16.6 Å². The Morgan fingerprint density at radius 1 is 1.10 bits per heavy atom. The molecule has 3 aromatic rings. The van der Waals surface area contributed by atoms with Gasteiger partial charge in [0, 0.05) is 12.1 Å². The first-order valence-corrected chi connectivity index (χ1v) is 17.8. The molecule has 2 aliphatic heterocycles. The number of halogens is 2. The summed E-state index contributed by atoms with van der Waals surface area (Å²) in [6.45, 7) is -9.81. The number of H-pyrrole nitrogens is 1. The fourth-order valence-corrected chi connectivity index (χ4v) is 8.13. The number of aromatic amines is 1. The SMILES string of the molecule is Nc1nc2c(ncn2[C@@H]2O[C@@H]3CO[P@](=O)(S)O[C@@H]4[C@@H](CO[P@@](=O)(S)O[C@@H]2[C@@H]3F)C[C@@H](Nc2ccncn2)[C@@H]4F)c(=O)[nH]1. The molecule has 3 aliphatic rings. The molecule has 0 aromatic carbocycles. The molecule has 1 aliphatic carbocycles. The zero-order valence-electron chi connectivity index (χ0n) is 21.2. The van der Waals surface area contributed by atoms with Crippen LogP contribution in [0.2, 0.25) is 0 Å². The van der Waals surface area contributed by atoms with Crippen molar-refractivity contribution >= 4 is 61.0 Å². The van der Waals surface area contributed by atoms with E-state index in [-0.39, 0.29) is 23.5 Å². The van der Waals surface area contributed by atoms with Crippen molar-refractivity contribution in [2.24, 2.45) is 5.92 Å². The van der Waals surface area contributed by atoms with Gasteiger partial charge in [0.1, 0.15) is 36.6 Å². The Balaban J connectivity index is 1.29. The lowest BCUT2D eigenvalue weighted by Gasteiger charge is -2.27. The second kappa shape index (κ2) is 11.4. The van der Waals surface area contributed by atoms with Crippen molar-refractivity contribution in [3.05, 3.63) is 35.3 Å². The normalized spacial score (nSPS) is 39.2. The molecule has 2 bridgehead atoms. The third-order valence-corrected chi connectivity index (χ3v) is 10.2. The minimum Gasteiger partial charge on any atom is -0.369 e. The molecule has 22 heteroatoms. The lowest BCUT2D eigenvalue weighted by molar-refractivity contribution is -0.0479. The topological polar surface area (TPSA) is 208 Å². The molecule has 0 amide bonds. The van der Waals surface area contributed by atoms with Crippen LogP contribution in [-0.2, 0) is 32.0 Å². The van der Waals surface area contributed by atoms with Crippen molar-refractivity contribution in [3.8, 4) is 0 Å². The van der Waals surface area contributed by atoms with E-state index in [0.717, 1.165) is 6.33 Å². The number of nitrogens with one attached hydrogen (secondary N) is 2. The molecule has 0 radical (unpaired) electrons. The zero-order valence-corrected chi connectivity index (χ0v) is 24.8. The summed E-state index contributed by atoms with van der Waals surface area (Å²) in [7, 11) is 0. The summed E-state index contributed by atoms with van der Waals surface area (Å²) in [5.41, 5.74) is 4.79. The number of imidazole rings is 1. The van der Waals surface area contributed by atoms with Crippen LogP contribution in [0.1, 0.15) is 12.6 Å². The van der Waals surface area contributed by atoms with Gasteiger partial charge in [-0.05, 0) is 12.5 Å². The number of rotatable bonds is 3. The molecule has 16 nitrogen and oxygen atoms in total.